The predicted molar refractivity (Wildman–Crippen MR) is 83.9 cm³/mol. The quantitative estimate of drug-likeness (QED) is 0.702. The molecule has 23 heavy (non-hydrogen) atoms. The molecule has 122 valence electrons. The lowest BCUT2D eigenvalue weighted by Crippen LogP contribution is -2.29. The number of anilines is 1. The zero-order chi connectivity index (χ0) is 16.8. The number of benzene rings is 1. The van der Waals surface area contributed by atoms with E-state index in [2.05, 4.69) is 20.8 Å². The number of nitrogens with one attached hydrogen (secondary N) is 2. The molecule has 0 saturated heterocycles. The summed E-state index contributed by atoms with van der Waals surface area (Å²) in [6.07, 6.45) is 0.328. The first kappa shape index (κ1) is 16.8. The molecule has 1 heterocycles. The Bertz CT molecular complexity index is 720. The maximum absolute atomic E-state index is 13.3. The minimum Gasteiger partial charge on any atom is -0.481 e. The van der Waals surface area contributed by atoms with Gasteiger partial charge in [0.1, 0.15) is 10.8 Å². The number of carboxylic acids is 1. The number of aromatic nitrogens is 2. The van der Waals surface area contributed by atoms with Crippen LogP contribution in [0.4, 0.5) is 14.3 Å². The highest BCUT2D eigenvalue weighted by molar-refractivity contribution is 7.18. The maximum atomic E-state index is 13.3. The Kier molecular flexibility index (Phi) is 5.58. The molecule has 0 radical (unpaired) electrons. The van der Waals surface area contributed by atoms with Gasteiger partial charge in [0, 0.05) is 18.5 Å². The van der Waals surface area contributed by atoms with E-state index >= 15 is 0 Å². The molecule has 2 rings (SSSR count). The van der Waals surface area contributed by atoms with Crippen LogP contribution < -0.4 is 10.6 Å². The third-order valence-corrected chi connectivity index (χ3v) is 3.80. The van der Waals surface area contributed by atoms with Gasteiger partial charge in [0.05, 0.1) is 0 Å². The highest BCUT2D eigenvalue weighted by atomic mass is 32.1. The van der Waals surface area contributed by atoms with E-state index < -0.39 is 12.0 Å². The average Bonchev–Trinajstić information content (AvgIpc) is 2.94. The number of aliphatic carboxylic acids is 1. The van der Waals surface area contributed by atoms with Gasteiger partial charge < -0.3 is 10.4 Å². The second-order valence-corrected chi connectivity index (χ2v) is 5.73. The van der Waals surface area contributed by atoms with Crippen molar-refractivity contribution in [1.82, 2.24) is 15.5 Å². The van der Waals surface area contributed by atoms with Crippen molar-refractivity contribution in [3.8, 4) is 10.6 Å². The molecule has 0 aliphatic carbocycles. The van der Waals surface area contributed by atoms with Gasteiger partial charge in [-0.2, -0.15) is 0 Å². The van der Waals surface area contributed by atoms with E-state index in [1.807, 2.05) is 6.92 Å². The number of carbonyl (C=O) groups excluding carboxylic acids is 1. The Morgan fingerprint density at radius 1 is 1.35 bits per heavy atom. The molecule has 0 aliphatic heterocycles. The van der Waals surface area contributed by atoms with Crippen LogP contribution in [-0.2, 0) is 4.79 Å². The molecule has 0 fully saturated rings. The standard InChI is InChI=1S/C14H15FN4O3S/c1-8-4-5-9(15)7-10(8)12-18-19-14(23-12)17-13(22)16-6-2-3-11(20)21/h4-5,7H,2-3,6H2,1H3,(H,20,21)(H2,16,17,19,22). The zero-order valence-corrected chi connectivity index (χ0v) is 13.1. The molecule has 0 saturated carbocycles. The van der Waals surface area contributed by atoms with Crippen LogP contribution in [0.25, 0.3) is 10.6 Å². The Labute approximate surface area is 135 Å². The van der Waals surface area contributed by atoms with Crippen LogP contribution in [0.2, 0.25) is 0 Å². The molecule has 0 aliphatic rings. The highest BCUT2D eigenvalue weighted by Crippen LogP contribution is 2.29. The van der Waals surface area contributed by atoms with Gasteiger partial charge in [0.15, 0.2) is 0 Å². The number of rotatable bonds is 6. The summed E-state index contributed by atoms with van der Waals surface area (Å²) in [4.78, 5) is 22.0. The molecular weight excluding hydrogens is 323 g/mol. The van der Waals surface area contributed by atoms with E-state index in [0.717, 1.165) is 16.9 Å². The number of amides is 2. The third kappa shape index (κ3) is 4.99. The van der Waals surface area contributed by atoms with Crippen molar-refractivity contribution in [2.24, 2.45) is 0 Å². The fraction of sp³-hybridized carbons (Fsp3) is 0.286. The minimum absolute atomic E-state index is 0.0118. The minimum atomic E-state index is -0.911. The number of nitrogens with zero attached hydrogens (tertiary/aromatic N) is 2. The molecule has 0 spiro atoms. The first-order valence-electron chi connectivity index (χ1n) is 6.82. The molecule has 0 unspecified atom stereocenters. The summed E-state index contributed by atoms with van der Waals surface area (Å²) in [7, 11) is 0. The zero-order valence-electron chi connectivity index (χ0n) is 12.3. The Morgan fingerprint density at radius 3 is 2.87 bits per heavy atom. The third-order valence-electron chi connectivity index (χ3n) is 2.93. The summed E-state index contributed by atoms with van der Waals surface area (Å²) in [5.74, 6) is -1.28. The van der Waals surface area contributed by atoms with Crippen molar-refractivity contribution in [2.45, 2.75) is 19.8 Å². The Hall–Kier alpha value is -2.55. The van der Waals surface area contributed by atoms with Crippen LogP contribution in [0, 0.1) is 12.7 Å². The van der Waals surface area contributed by atoms with Crippen molar-refractivity contribution in [3.05, 3.63) is 29.6 Å². The van der Waals surface area contributed by atoms with Crippen molar-refractivity contribution >= 4 is 28.5 Å². The van der Waals surface area contributed by atoms with Gasteiger partial charge in [-0.3, -0.25) is 10.1 Å². The van der Waals surface area contributed by atoms with Crippen LogP contribution in [-0.4, -0.2) is 33.8 Å². The topological polar surface area (TPSA) is 104 Å². The first-order valence-corrected chi connectivity index (χ1v) is 7.64. The number of carbonyl (C=O) groups is 2. The monoisotopic (exact) mass is 338 g/mol. The number of aryl methyl sites for hydroxylation is 1. The summed E-state index contributed by atoms with van der Waals surface area (Å²) < 4.78 is 13.3. The van der Waals surface area contributed by atoms with Gasteiger partial charge in [-0.15, -0.1) is 10.2 Å². The lowest BCUT2D eigenvalue weighted by molar-refractivity contribution is -0.137. The smallest absolute Gasteiger partial charge is 0.321 e. The van der Waals surface area contributed by atoms with Crippen molar-refractivity contribution in [1.29, 1.82) is 0 Å². The Morgan fingerprint density at radius 2 is 2.13 bits per heavy atom. The molecule has 0 atom stereocenters. The maximum Gasteiger partial charge on any atom is 0.321 e. The van der Waals surface area contributed by atoms with Crippen molar-refractivity contribution in [3.63, 3.8) is 0 Å². The van der Waals surface area contributed by atoms with Crippen LogP contribution >= 0.6 is 11.3 Å². The molecule has 2 aromatic rings. The normalized spacial score (nSPS) is 10.3. The number of halogens is 1. The number of urea groups is 1. The van der Waals surface area contributed by atoms with Crippen molar-refractivity contribution in [2.75, 3.05) is 11.9 Å². The largest absolute Gasteiger partial charge is 0.481 e. The second-order valence-electron chi connectivity index (χ2n) is 4.75. The number of carboxylic acid groups (broad SMARTS) is 1. The summed E-state index contributed by atoms with van der Waals surface area (Å²) in [6.45, 7) is 2.07. The molecule has 7 nitrogen and oxygen atoms in total. The molecule has 2 amide bonds. The summed E-state index contributed by atoms with van der Waals surface area (Å²) in [5.41, 5.74) is 1.48. The van der Waals surface area contributed by atoms with Gasteiger partial charge in [-0.1, -0.05) is 17.4 Å². The molecule has 9 heteroatoms. The van der Waals surface area contributed by atoms with Crippen LogP contribution in [0.1, 0.15) is 18.4 Å². The van der Waals surface area contributed by atoms with Gasteiger partial charge in [-0.25, -0.2) is 9.18 Å². The highest BCUT2D eigenvalue weighted by Gasteiger charge is 2.12. The van der Waals surface area contributed by atoms with E-state index in [1.165, 1.54) is 12.1 Å². The van der Waals surface area contributed by atoms with E-state index in [0.29, 0.717) is 17.0 Å². The number of hydrogen-bond donors (Lipinski definition) is 3. The molecule has 1 aromatic heterocycles. The van der Waals surface area contributed by atoms with Crippen LogP contribution in [0.3, 0.4) is 0 Å². The molecule has 0 bridgehead atoms. The lowest BCUT2D eigenvalue weighted by Gasteiger charge is -2.03. The molecule has 1 aromatic carbocycles. The molecular formula is C14H15FN4O3S. The summed E-state index contributed by atoms with van der Waals surface area (Å²) in [5, 5.41) is 22.1. The lowest BCUT2D eigenvalue weighted by atomic mass is 10.1. The summed E-state index contributed by atoms with van der Waals surface area (Å²) in [6, 6.07) is 3.89. The Balaban J connectivity index is 1.93. The first-order chi connectivity index (χ1) is 11.0. The van der Waals surface area contributed by atoms with E-state index in [1.54, 1.807) is 6.07 Å². The van der Waals surface area contributed by atoms with Crippen LogP contribution in [0.5, 0.6) is 0 Å². The predicted octanol–water partition coefficient (Wildman–Crippen LogP) is 2.64. The SMILES string of the molecule is Cc1ccc(F)cc1-c1nnc(NC(=O)NCCCC(=O)O)s1. The fourth-order valence-corrected chi connectivity index (χ4v) is 2.61. The van der Waals surface area contributed by atoms with E-state index in [-0.39, 0.29) is 23.9 Å². The summed E-state index contributed by atoms with van der Waals surface area (Å²) >= 11 is 1.13. The van der Waals surface area contributed by atoms with Gasteiger partial charge >= 0.3 is 12.0 Å². The fourth-order valence-electron chi connectivity index (χ4n) is 1.79. The average molecular weight is 338 g/mol. The van der Waals surface area contributed by atoms with Crippen molar-refractivity contribution < 1.29 is 19.1 Å². The van der Waals surface area contributed by atoms with E-state index in [9.17, 15) is 14.0 Å². The number of hydrogen-bond acceptors (Lipinski definition) is 5. The van der Waals surface area contributed by atoms with Gasteiger partial charge in [0.25, 0.3) is 0 Å². The second kappa shape index (κ2) is 7.63. The molecule has 3 N–H and O–H groups in total. The van der Waals surface area contributed by atoms with Crippen LogP contribution in [0.15, 0.2) is 18.2 Å². The van der Waals surface area contributed by atoms with Gasteiger partial charge in [0.2, 0.25) is 5.13 Å². The van der Waals surface area contributed by atoms with Gasteiger partial charge in [-0.05, 0) is 31.0 Å². The van der Waals surface area contributed by atoms with E-state index in [4.69, 9.17) is 5.11 Å².